The van der Waals surface area contributed by atoms with Gasteiger partial charge in [-0.3, -0.25) is 4.79 Å². The molecule has 1 aromatic heterocycles. The Balaban J connectivity index is 1.24. The van der Waals surface area contributed by atoms with Gasteiger partial charge >= 0.3 is 0 Å². The van der Waals surface area contributed by atoms with E-state index in [1.807, 2.05) is 24.3 Å². The van der Waals surface area contributed by atoms with Crippen LogP contribution in [0.15, 0.2) is 42.6 Å². The zero-order valence-electron chi connectivity index (χ0n) is 14.8. The lowest BCUT2D eigenvalue weighted by Crippen LogP contribution is -2.49. The summed E-state index contributed by atoms with van der Waals surface area (Å²) in [6.45, 7) is 0.226. The predicted octanol–water partition coefficient (Wildman–Crippen LogP) is 3.38. The van der Waals surface area contributed by atoms with Gasteiger partial charge in [-0.2, -0.15) is 0 Å². The van der Waals surface area contributed by atoms with Gasteiger partial charge in [-0.05, 0) is 43.9 Å². The Morgan fingerprint density at radius 3 is 2.63 bits per heavy atom. The molecule has 1 fully saturated rings. The second-order valence-corrected chi connectivity index (χ2v) is 7.22. The molecule has 7 heteroatoms. The average molecular weight is 389 g/mol. The molecule has 1 unspecified atom stereocenters. The first-order chi connectivity index (χ1) is 13.2. The number of hydrogen-bond donors (Lipinski definition) is 1. The molecule has 1 amide bonds. The molecule has 142 valence electrons. The van der Waals surface area contributed by atoms with Crippen LogP contribution in [-0.2, 0) is 4.79 Å². The third-order valence-electron chi connectivity index (χ3n) is 4.81. The van der Waals surface area contributed by atoms with Crippen LogP contribution in [0, 0.1) is 0 Å². The van der Waals surface area contributed by atoms with E-state index in [9.17, 15) is 4.79 Å². The molecular weight excluding hydrogens is 368 g/mol. The van der Waals surface area contributed by atoms with Gasteiger partial charge in [0, 0.05) is 18.3 Å². The number of amides is 1. The highest BCUT2D eigenvalue weighted by Crippen LogP contribution is 2.31. The number of carbonyl (C=O) groups is 1. The first-order valence-electron chi connectivity index (χ1n) is 9.14. The SMILES string of the molecule is O=C(NC1CCC(Oc2ccc(Cl)cn2)CC1)C1COc2ccccc2O1. The number of nitrogens with zero attached hydrogens (tertiary/aromatic N) is 1. The lowest BCUT2D eigenvalue weighted by atomic mass is 9.93. The van der Waals surface area contributed by atoms with Crippen LogP contribution in [0.3, 0.4) is 0 Å². The monoisotopic (exact) mass is 388 g/mol. The second-order valence-electron chi connectivity index (χ2n) is 6.78. The first kappa shape index (κ1) is 17.9. The Kier molecular flexibility index (Phi) is 5.34. The summed E-state index contributed by atoms with van der Waals surface area (Å²) in [4.78, 5) is 16.7. The van der Waals surface area contributed by atoms with Crippen molar-refractivity contribution >= 4 is 17.5 Å². The third kappa shape index (κ3) is 4.45. The van der Waals surface area contributed by atoms with E-state index in [0.29, 0.717) is 22.4 Å². The van der Waals surface area contributed by atoms with Gasteiger partial charge < -0.3 is 19.5 Å². The van der Waals surface area contributed by atoms with Crippen LogP contribution in [0.4, 0.5) is 0 Å². The summed E-state index contributed by atoms with van der Waals surface area (Å²) in [6.07, 6.45) is 4.50. The molecule has 1 aromatic carbocycles. The van der Waals surface area contributed by atoms with Gasteiger partial charge in [-0.1, -0.05) is 23.7 Å². The molecule has 0 radical (unpaired) electrons. The van der Waals surface area contributed by atoms with Crippen LogP contribution in [-0.4, -0.2) is 35.7 Å². The molecule has 4 rings (SSSR count). The molecule has 1 atom stereocenters. The zero-order chi connectivity index (χ0) is 18.6. The number of aromatic nitrogens is 1. The summed E-state index contributed by atoms with van der Waals surface area (Å²) in [5.74, 6) is 1.73. The van der Waals surface area contributed by atoms with Crippen molar-refractivity contribution in [3.05, 3.63) is 47.6 Å². The molecule has 1 saturated carbocycles. The molecule has 1 aliphatic carbocycles. The normalized spacial score (nSPS) is 24.1. The maximum atomic E-state index is 12.5. The van der Waals surface area contributed by atoms with Gasteiger partial charge in [0.2, 0.25) is 12.0 Å². The number of pyridine rings is 1. The maximum Gasteiger partial charge on any atom is 0.264 e. The molecule has 27 heavy (non-hydrogen) atoms. The fraction of sp³-hybridized carbons (Fsp3) is 0.400. The Morgan fingerprint density at radius 2 is 1.89 bits per heavy atom. The number of fused-ring (bicyclic) bond motifs is 1. The summed E-state index contributed by atoms with van der Waals surface area (Å²) in [5.41, 5.74) is 0. The maximum absolute atomic E-state index is 12.5. The Morgan fingerprint density at radius 1 is 1.11 bits per heavy atom. The summed E-state index contributed by atoms with van der Waals surface area (Å²) in [7, 11) is 0. The number of para-hydroxylation sites is 2. The standard InChI is InChI=1S/C20H21ClN2O4/c21-13-5-10-19(22-11-13)26-15-8-6-14(7-9-15)23-20(24)18-12-25-16-3-1-2-4-17(16)27-18/h1-5,10-11,14-15,18H,6-9,12H2,(H,23,24). The van der Waals surface area contributed by atoms with Gasteiger partial charge in [0.1, 0.15) is 12.7 Å². The Labute approximate surface area is 162 Å². The molecule has 1 aliphatic heterocycles. The van der Waals surface area contributed by atoms with Crippen LogP contribution >= 0.6 is 11.6 Å². The van der Waals surface area contributed by atoms with E-state index in [2.05, 4.69) is 10.3 Å². The highest BCUT2D eigenvalue weighted by Gasteiger charge is 2.30. The van der Waals surface area contributed by atoms with Crippen molar-refractivity contribution in [2.24, 2.45) is 0 Å². The topological polar surface area (TPSA) is 69.7 Å². The summed E-state index contributed by atoms with van der Waals surface area (Å²) >= 11 is 5.84. The molecule has 0 spiro atoms. The molecule has 1 N–H and O–H groups in total. The summed E-state index contributed by atoms with van der Waals surface area (Å²) in [5, 5.41) is 3.67. The van der Waals surface area contributed by atoms with Crippen LogP contribution in [0.25, 0.3) is 0 Å². The minimum atomic E-state index is -0.618. The van der Waals surface area contributed by atoms with Gasteiger partial charge in [-0.15, -0.1) is 0 Å². The van der Waals surface area contributed by atoms with E-state index in [-0.39, 0.29) is 24.7 Å². The minimum Gasteiger partial charge on any atom is -0.485 e. The van der Waals surface area contributed by atoms with Crippen LogP contribution in [0.5, 0.6) is 17.4 Å². The number of rotatable bonds is 4. The van der Waals surface area contributed by atoms with Crippen molar-refractivity contribution in [1.29, 1.82) is 0 Å². The van der Waals surface area contributed by atoms with Crippen LogP contribution < -0.4 is 19.5 Å². The number of hydrogen-bond acceptors (Lipinski definition) is 5. The lowest BCUT2D eigenvalue weighted by Gasteiger charge is -2.31. The van der Waals surface area contributed by atoms with Crippen LogP contribution in [0.1, 0.15) is 25.7 Å². The third-order valence-corrected chi connectivity index (χ3v) is 5.03. The summed E-state index contributed by atoms with van der Waals surface area (Å²) in [6, 6.07) is 11.0. The molecule has 6 nitrogen and oxygen atoms in total. The number of ether oxygens (including phenoxy) is 3. The number of nitrogens with one attached hydrogen (secondary N) is 1. The quantitative estimate of drug-likeness (QED) is 0.869. The Hall–Kier alpha value is -2.47. The van der Waals surface area contributed by atoms with Crippen molar-refractivity contribution < 1.29 is 19.0 Å². The van der Waals surface area contributed by atoms with Crippen molar-refractivity contribution in [2.75, 3.05) is 6.61 Å². The lowest BCUT2D eigenvalue weighted by molar-refractivity contribution is -0.131. The largest absolute Gasteiger partial charge is 0.485 e. The molecule has 2 aliphatic rings. The second kappa shape index (κ2) is 8.05. The van der Waals surface area contributed by atoms with E-state index in [1.165, 1.54) is 0 Å². The average Bonchev–Trinajstić information content (AvgIpc) is 2.71. The molecule has 0 bridgehead atoms. The van der Waals surface area contributed by atoms with Crippen molar-refractivity contribution in [1.82, 2.24) is 10.3 Å². The van der Waals surface area contributed by atoms with E-state index in [0.717, 1.165) is 25.7 Å². The minimum absolute atomic E-state index is 0.105. The van der Waals surface area contributed by atoms with Crippen molar-refractivity contribution in [2.45, 2.75) is 43.9 Å². The highest BCUT2D eigenvalue weighted by atomic mass is 35.5. The molecule has 0 saturated heterocycles. The fourth-order valence-electron chi connectivity index (χ4n) is 3.37. The molecular formula is C20H21ClN2O4. The van der Waals surface area contributed by atoms with Gasteiger partial charge in [0.25, 0.3) is 5.91 Å². The predicted molar refractivity (Wildman–Crippen MR) is 100 cm³/mol. The first-order valence-corrected chi connectivity index (χ1v) is 9.52. The van der Waals surface area contributed by atoms with E-state index in [4.69, 9.17) is 25.8 Å². The van der Waals surface area contributed by atoms with Crippen LogP contribution in [0.2, 0.25) is 5.02 Å². The van der Waals surface area contributed by atoms with Gasteiger partial charge in [0.15, 0.2) is 11.5 Å². The fourth-order valence-corrected chi connectivity index (χ4v) is 3.48. The molecule has 2 heterocycles. The highest BCUT2D eigenvalue weighted by molar-refractivity contribution is 6.30. The number of carbonyl (C=O) groups excluding carboxylic acids is 1. The van der Waals surface area contributed by atoms with E-state index in [1.54, 1.807) is 18.3 Å². The number of halogens is 1. The van der Waals surface area contributed by atoms with Gasteiger partial charge in [-0.25, -0.2) is 4.98 Å². The number of benzene rings is 1. The molecule has 2 aromatic rings. The van der Waals surface area contributed by atoms with E-state index < -0.39 is 6.10 Å². The smallest absolute Gasteiger partial charge is 0.264 e. The van der Waals surface area contributed by atoms with Gasteiger partial charge in [0.05, 0.1) is 5.02 Å². The van der Waals surface area contributed by atoms with Crippen molar-refractivity contribution in [3.63, 3.8) is 0 Å². The summed E-state index contributed by atoms with van der Waals surface area (Å²) < 4.78 is 17.3. The zero-order valence-corrected chi connectivity index (χ0v) is 15.5. The van der Waals surface area contributed by atoms with E-state index >= 15 is 0 Å². The Bertz CT molecular complexity index is 791. The van der Waals surface area contributed by atoms with Crippen molar-refractivity contribution in [3.8, 4) is 17.4 Å².